The Bertz CT molecular complexity index is 648. The number of rotatable bonds is 3. The molecular weight excluding hydrogens is 330 g/mol. The fourth-order valence-electron chi connectivity index (χ4n) is 1.93. The maximum Gasteiger partial charge on any atom is 0.219 e. The predicted octanol–water partition coefficient (Wildman–Crippen LogP) is 4.73. The largest absolute Gasteiger partial charge is 0.439 e. The Morgan fingerprint density at radius 3 is 2.48 bits per heavy atom. The summed E-state index contributed by atoms with van der Waals surface area (Å²) >= 11 is 3.44. The first-order chi connectivity index (χ1) is 9.79. The molecule has 2 rings (SSSR count). The van der Waals surface area contributed by atoms with Crippen molar-refractivity contribution in [3.63, 3.8) is 0 Å². The van der Waals surface area contributed by atoms with E-state index in [0.717, 1.165) is 27.0 Å². The zero-order valence-electron chi connectivity index (χ0n) is 12.8. The van der Waals surface area contributed by atoms with Crippen LogP contribution in [0.5, 0.6) is 11.6 Å². The molecule has 0 fully saturated rings. The molecule has 0 aliphatic rings. The summed E-state index contributed by atoms with van der Waals surface area (Å²) in [5, 5.41) is 9.42. The molecule has 21 heavy (non-hydrogen) atoms. The van der Waals surface area contributed by atoms with Gasteiger partial charge in [0.15, 0.2) is 0 Å². The molecule has 0 saturated carbocycles. The molecule has 0 atom stereocenters. The Morgan fingerprint density at radius 2 is 1.90 bits per heavy atom. The molecule has 4 heteroatoms. The molecule has 1 heterocycles. The number of benzene rings is 1. The normalized spacial score (nSPS) is 11.5. The molecule has 1 aromatic heterocycles. The van der Waals surface area contributed by atoms with Gasteiger partial charge in [-0.2, -0.15) is 0 Å². The number of aryl methyl sites for hydroxylation is 1. The highest BCUT2D eigenvalue weighted by Gasteiger charge is 2.18. The first-order valence-electron chi connectivity index (χ1n) is 6.86. The monoisotopic (exact) mass is 349 g/mol. The number of halogens is 1. The molecule has 0 spiro atoms. The van der Waals surface area contributed by atoms with Gasteiger partial charge in [0.2, 0.25) is 5.88 Å². The fourth-order valence-corrected chi connectivity index (χ4v) is 2.40. The van der Waals surface area contributed by atoms with Crippen LogP contribution in [0.25, 0.3) is 0 Å². The Kier molecular flexibility index (Phi) is 4.69. The van der Waals surface area contributed by atoms with Crippen LogP contribution in [0.15, 0.2) is 34.8 Å². The van der Waals surface area contributed by atoms with E-state index in [4.69, 9.17) is 4.74 Å². The summed E-state index contributed by atoms with van der Waals surface area (Å²) in [7, 11) is 0. The molecule has 112 valence electrons. The first kappa shape index (κ1) is 16.0. The lowest BCUT2D eigenvalue weighted by Gasteiger charge is -2.20. The summed E-state index contributed by atoms with van der Waals surface area (Å²) in [6.45, 7) is 8.23. The molecule has 0 amide bonds. The zero-order chi connectivity index (χ0) is 15.6. The number of aliphatic hydroxyl groups is 1. The number of nitrogens with zero attached hydrogens (tertiary/aromatic N) is 1. The van der Waals surface area contributed by atoms with Crippen LogP contribution in [0.2, 0.25) is 0 Å². The summed E-state index contributed by atoms with van der Waals surface area (Å²) in [6, 6.07) is 9.53. The van der Waals surface area contributed by atoms with Gasteiger partial charge >= 0.3 is 0 Å². The molecule has 0 bridgehead atoms. The van der Waals surface area contributed by atoms with Crippen LogP contribution >= 0.6 is 15.9 Å². The third-order valence-electron chi connectivity index (χ3n) is 3.16. The lowest BCUT2D eigenvalue weighted by atomic mass is 9.91. The standard InChI is InChI=1S/C17H20BrNO2/c1-11-7-13(18)5-6-14(11)21-16-9-12(10-20)8-15(19-16)17(2,3)4/h5-9,20H,10H2,1-4H3. The molecule has 0 radical (unpaired) electrons. The number of hydrogen-bond donors (Lipinski definition) is 1. The van der Waals surface area contributed by atoms with Gasteiger partial charge in [-0.3, -0.25) is 0 Å². The van der Waals surface area contributed by atoms with Crippen molar-refractivity contribution in [3.05, 3.63) is 51.6 Å². The van der Waals surface area contributed by atoms with E-state index in [0.29, 0.717) is 5.88 Å². The van der Waals surface area contributed by atoms with Gasteiger partial charge in [-0.1, -0.05) is 36.7 Å². The Hall–Kier alpha value is -1.39. The van der Waals surface area contributed by atoms with Gasteiger partial charge in [-0.05, 0) is 42.3 Å². The van der Waals surface area contributed by atoms with Crippen molar-refractivity contribution in [2.45, 2.75) is 39.7 Å². The van der Waals surface area contributed by atoms with Crippen LogP contribution in [0.1, 0.15) is 37.6 Å². The number of aliphatic hydroxyl groups excluding tert-OH is 1. The molecule has 3 nitrogen and oxygen atoms in total. The predicted molar refractivity (Wildman–Crippen MR) is 87.8 cm³/mol. The Morgan fingerprint density at radius 1 is 1.19 bits per heavy atom. The third-order valence-corrected chi connectivity index (χ3v) is 3.66. The number of pyridine rings is 1. The van der Waals surface area contributed by atoms with Crippen molar-refractivity contribution >= 4 is 15.9 Å². The van der Waals surface area contributed by atoms with E-state index < -0.39 is 0 Å². The average Bonchev–Trinajstić information content (AvgIpc) is 2.40. The minimum Gasteiger partial charge on any atom is -0.439 e. The van der Waals surface area contributed by atoms with Gasteiger partial charge < -0.3 is 9.84 Å². The van der Waals surface area contributed by atoms with E-state index in [1.807, 2.05) is 31.2 Å². The summed E-state index contributed by atoms with van der Waals surface area (Å²) in [4.78, 5) is 4.57. The van der Waals surface area contributed by atoms with Crippen LogP contribution in [-0.4, -0.2) is 10.1 Å². The van der Waals surface area contributed by atoms with E-state index in [-0.39, 0.29) is 12.0 Å². The van der Waals surface area contributed by atoms with Crippen molar-refractivity contribution in [3.8, 4) is 11.6 Å². The van der Waals surface area contributed by atoms with E-state index >= 15 is 0 Å². The Balaban J connectivity index is 2.39. The summed E-state index contributed by atoms with van der Waals surface area (Å²) in [6.07, 6.45) is 0. The topological polar surface area (TPSA) is 42.4 Å². The molecular formula is C17H20BrNO2. The SMILES string of the molecule is Cc1cc(Br)ccc1Oc1cc(CO)cc(C(C)(C)C)n1. The molecule has 1 aromatic carbocycles. The number of ether oxygens (including phenoxy) is 1. The number of hydrogen-bond acceptors (Lipinski definition) is 3. The molecule has 0 saturated heterocycles. The minimum atomic E-state index is -0.0992. The highest BCUT2D eigenvalue weighted by molar-refractivity contribution is 9.10. The minimum absolute atomic E-state index is 0.0265. The second-order valence-electron chi connectivity index (χ2n) is 6.12. The van der Waals surface area contributed by atoms with Gasteiger partial charge in [0.1, 0.15) is 5.75 Å². The van der Waals surface area contributed by atoms with Crippen molar-refractivity contribution in [1.29, 1.82) is 0 Å². The van der Waals surface area contributed by atoms with Crippen LogP contribution in [0, 0.1) is 6.92 Å². The van der Waals surface area contributed by atoms with Crippen molar-refractivity contribution in [2.75, 3.05) is 0 Å². The maximum atomic E-state index is 9.42. The highest BCUT2D eigenvalue weighted by Crippen LogP contribution is 2.29. The van der Waals surface area contributed by atoms with E-state index in [2.05, 4.69) is 41.7 Å². The summed E-state index contributed by atoms with van der Waals surface area (Å²) in [5.74, 6) is 1.28. The lowest BCUT2D eigenvalue weighted by Crippen LogP contribution is -2.14. The van der Waals surface area contributed by atoms with Gasteiger partial charge in [0, 0.05) is 16.0 Å². The maximum absolute atomic E-state index is 9.42. The van der Waals surface area contributed by atoms with Crippen LogP contribution in [0.3, 0.4) is 0 Å². The van der Waals surface area contributed by atoms with Crippen LogP contribution < -0.4 is 4.74 Å². The number of aromatic nitrogens is 1. The van der Waals surface area contributed by atoms with E-state index in [1.165, 1.54) is 0 Å². The molecule has 0 aliphatic carbocycles. The quantitative estimate of drug-likeness (QED) is 0.870. The second kappa shape index (κ2) is 6.16. The molecule has 0 unspecified atom stereocenters. The van der Waals surface area contributed by atoms with Gasteiger partial charge in [-0.15, -0.1) is 0 Å². The van der Waals surface area contributed by atoms with Crippen molar-refractivity contribution < 1.29 is 9.84 Å². The second-order valence-corrected chi connectivity index (χ2v) is 7.03. The van der Waals surface area contributed by atoms with E-state index in [1.54, 1.807) is 6.07 Å². The molecule has 0 aliphatic heterocycles. The first-order valence-corrected chi connectivity index (χ1v) is 7.65. The smallest absolute Gasteiger partial charge is 0.219 e. The van der Waals surface area contributed by atoms with Crippen molar-refractivity contribution in [1.82, 2.24) is 4.98 Å². The average molecular weight is 350 g/mol. The lowest BCUT2D eigenvalue weighted by molar-refractivity contribution is 0.280. The zero-order valence-corrected chi connectivity index (χ0v) is 14.4. The van der Waals surface area contributed by atoms with E-state index in [9.17, 15) is 5.11 Å². The Labute approximate surface area is 134 Å². The van der Waals surface area contributed by atoms with Crippen LogP contribution in [-0.2, 0) is 12.0 Å². The highest BCUT2D eigenvalue weighted by atomic mass is 79.9. The fraction of sp³-hybridized carbons (Fsp3) is 0.353. The van der Waals surface area contributed by atoms with Gasteiger partial charge in [0.05, 0.1) is 12.3 Å². The van der Waals surface area contributed by atoms with Gasteiger partial charge in [-0.25, -0.2) is 4.98 Å². The molecule has 2 aromatic rings. The van der Waals surface area contributed by atoms with Gasteiger partial charge in [0.25, 0.3) is 0 Å². The summed E-state index contributed by atoms with van der Waals surface area (Å²) < 4.78 is 6.91. The molecule has 1 N–H and O–H groups in total. The third kappa shape index (κ3) is 4.05. The summed E-state index contributed by atoms with van der Waals surface area (Å²) in [5.41, 5.74) is 2.63. The van der Waals surface area contributed by atoms with Crippen molar-refractivity contribution in [2.24, 2.45) is 0 Å². The van der Waals surface area contributed by atoms with Crippen LogP contribution in [0.4, 0.5) is 0 Å².